The highest BCUT2D eigenvalue weighted by atomic mass is 32.1. The molecule has 10 aromatic carbocycles. The van der Waals surface area contributed by atoms with Gasteiger partial charge in [-0.05, 0) is 132 Å². The zero-order valence-corrected chi connectivity index (χ0v) is 70.6. The first-order valence-electron chi connectivity index (χ1n) is 42.6. The van der Waals surface area contributed by atoms with Crippen LogP contribution in [0.15, 0.2) is 72.8 Å². The fourth-order valence-corrected chi connectivity index (χ4v) is 20.0. The van der Waals surface area contributed by atoms with Gasteiger partial charge in [-0.2, -0.15) is 0 Å². The number of carbonyl (C=O) groups excluding carboxylic acids is 8. The Kier molecular flexibility index (Phi) is 24.6. The summed E-state index contributed by atoms with van der Waals surface area (Å²) in [7, 11) is 6.33. The van der Waals surface area contributed by atoms with Gasteiger partial charge in [0.05, 0.1) is 48.7 Å². The number of nitrogens with zero attached hydrogens (tertiary/aromatic N) is 4. The molecule has 21 heteroatoms. The number of fused-ring (bicyclic) bond motifs is 4. The number of hydrogen-bond acceptors (Lipinski definition) is 17. The van der Waals surface area contributed by atoms with Gasteiger partial charge in [0.15, 0.2) is 0 Å². The molecule has 0 N–H and O–H groups in total. The molecule has 1 aromatic heterocycles. The Morgan fingerprint density at radius 3 is 0.769 bits per heavy atom. The second-order valence-electron chi connectivity index (χ2n) is 32.3. The molecule has 4 unspecified atom stereocenters. The van der Waals surface area contributed by atoms with Crippen molar-refractivity contribution in [1.29, 1.82) is 0 Å². The summed E-state index contributed by atoms with van der Waals surface area (Å²) in [4.78, 5) is 134. The summed E-state index contributed by atoms with van der Waals surface area (Å²) in [5.41, 5.74) is 3.51. The topological polar surface area (TPSA) is 223 Å². The van der Waals surface area contributed by atoms with Crippen LogP contribution < -0.4 is 18.9 Å². The van der Waals surface area contributed by atoms with Crippen LogP contribution >= 0.6 is 11.3 Å². The summed E-state index contributed by atoms with van der Waals surface area (Å²) < 4.78 is 50.3. The van der Waals surface area contributed by atoms with Crippen molar-refractivity contribution in [2.24, 2.45) is 23.7 Å². The van der Waals surface area contributed by atoms with Gasteiger partial charge in [-0.15, -0.1) is 11.3 Å². The van der Waals surface area contributed by atoms with Crippen LogP contribution in [0.5, 0.6) is 23.0 Å². The minimum atomic E-state index is -0.465. The van der Waals surface area contributed by atoms with E-state index in [1.165, 1.54) is 30.9 Å². The smallest absolute Gasteiger partial charge is 0.261 e. The van der Waals surface area contributed by atoms with E-state index in [4.69, 9.17) is 37.9 Å². The molecule has 4 atom stereocenters. The van der Waals surface area contributed by atoms with Gasteiger partial charge in [-0.1, -0.05) is 145 Å². The van der Waals surface area contributed by atoms with Crippen LogP contribution in [0.2, 0.25) is 0 Å². The lowest BCUT2D eigenvalue weighted by molar-refractivity contribution is 0.0565. The average Bonchev–Trinajstić information content (AvgIpc) is 1.67. The molecule has 0 spiro atoms. The Balaban J connectivity index is 1.07. The van der Waals surface area contributed by atoms with Gasteiger partial charge in [-0.3, -0.25) is 58.0 Å². The van der Waals surface area contributed by atoms with Crippen molar-refractivity contribution in [1.82, 2.24) is 19.6 Å². The number of hydrogen-bond donors (Lipinski definition) is 0. The molecular formula is C96H108N4O16S. The first-order chi connectivity index (χ1) is 56.9. The molecule has 614 valence electrons. The molecule has 4 aliphatic rings. The van der Waals surface area contributed by atoms with Crippen molar-refractivity contribution in [3.63, 3.8) is 0 Å². The van der Waals surface area contributed by atoms with E-state index < -0.39 is 47.3 Å². The fourth-order valence-electron chi connectivity index (χ4n) is 19.0. The van der Waals surface area contributed by atoms with E-state index >= 15 is 38.4 Å². The third kappa shape index (κ3) is 14.1. The minimum Gasteiger partial charge on any atom is -0.490 e. The van der Waals surface area contributed by atoms with E-state index in [-0.39, 0.29) is 136 Å². The van der Waals surface area contributed by atoms with Gasteiger partial charge < -0.3 is 37.9 Å². The molecule has 4 aliphatic heterocycles. The number of rotatable bonds is 42. The van der Waals surface area contributed by atoms with Crippen molar-refractivity contribution in [2.45, 2.75) is 158 Å². The molecule has 8 amide bonds. The quantitative estimate of drug-likeness (QED) is 0.0150. The Morgan fingerprint density at radius 1 is 0.265 bits per heavy atom. The maximum atomic E-state index is 16.3. The molecule has 5 heterocycles. The first-order valence-corrected chi connectivity index (χ1v) is 43.4. The van der Waals surface area contributed by atoms with E-state index in [9.17, 15) is 0 Å². The summed E-state index contributed by atoms with van der Waals surface area (Å²) in [5.74, 6) is -2.27. The van der Waals surface area contributed by atoms with E-state index in [1.54, 1.807) is 52.7 Å². The van der Waals surface area contributed by atoms with Crippen LogP contribution in [0, 0.1) is 23.7 Å². The second kappa shape index (κ2) is 35.0. The summed E-state index contributed by atoms with van der Waals surface area (Å²) in [6, 6.07) is 22.3. The lowest BCUT2D eigenvalue weighted by Crippen LogP contribution is -2.43. The van der Waals surface area contributed by atoms with Crippen LogP contribution in [-0.4, -0.2) is 174 Å². The summed E-state index contributed by atoms with van der Waals surface area (Å²) in [5, 5.41) is 8.31. The van der Waals surface area contributed by atoms with Gasteiger partial charge in [0.25, 0.3) is 47.3 Å². The zero-order valence-electron chi connectivity index (χ0n) is 69.8. The monoisotopic (exact) mass is 1600 g/mol. The SMILES string of the molecule is CCCCC(CC)CN1C(=O)c2ccc3c4c(-c5ccc(-c6cc7c8c(cc(OCCOC)c9c%10c(OCCOC)cc%11c%12c(ccc(c6c89)c%12%10)C(=O)N(CC(CC)CCCC)C%11=O)C(=O)N(CC(CC)CCCC)C7=O)s5)cc5c6c(cc(OCCOC)c(c7c(OCCOC)cc(c2c37)C1=O)c64)C(=O)N(CC(CC)CCCC)C5=O. The highest BCUT2D eigenvalue weighted by molar-refractivity contribution is 7.19. The number of carbonyl (C=O) groups is 8. The van der Waals surface area contributed by atoms with Gasteiger partial charge in [0, 0.05) is 162 Å². The molecule has 0 saturated carbocycles. The number of methoxy groups -OCH3 is 4. The average molecular weight is 1610 g/mol. The molecule has 0 fully saturated rings. The Labute approximate surface area is 687 Å². The van der Waals surface area contributed by atoms with Crippen molar-refractivity contribution in [3.8, 4) is 43.9 Å². The van der Waals surface area contributed by atoms with Gasteiger partial charge >= 0.3 is 0 Å². The van der Waals surface area contributed by atoms with E-state index in [1.807, 2.05) is 48.5 Å². The third-order valence-electron chi connectivity index (χ3n) is 25.3. The second-order valence-corrected chi connectivity index (χ2v) is 33.4. The maximum Gasteiger partial charge on any atom is 0.261 e. The Bertz CT molecular complexity index is 5420. The van der Waals surface area contributed by atoms with E-state index in [2.05, 4.69) is 55.4 Å². The third-order valence-corrected chi connectivity index (χ3v) is 26.5. The zero-order chi connectivity index (χ0) is 82.4. The largest absolute Gasteiger partial charge is 0.490 e. The predicted molar refractivity (Wildman–Crippen MR) is 462 cm³/mol. The first kappa shape index (κ1) is 82.2. The van der Waals surface area contributed by atoms with Crippen LogP contribution in [-0.2, 0) is 18.9 Å². The number of unbranched alkanes of at least 4 members (excludes halogenated alkanes) is 4. The van der Waals surface area contributed by atoms with Crippen LogP contribution in [0.4, 0.5) is 0 Å². The minimum absolute atomic E-state index is 0.00461. The van der Waals surface area contributed by atoms with Gasteiger partial charge in [0.1, 0.15) is 49.4 Å². The number of amides is 8. The molecule has 20 nitrogen and oxygen atoms in total. The normalized spacial score (nSPS) is 15.4. The molecular weight excluding hydrogens is 1500 g/mol. The molecule has 117 heavy (non-hydrogen) atoms. The molecule has 0 saturated heterocycles. The Hall–Kier alpha value is -9.90. The number of benzene rings is 10. The number of imide groups is 4. The molecule has 11 aromatic rings. The molecule has 0 bridgehead atoms. The summed E-state index contributed by atoms with van der Waals surface area (Å²) >= 11 is 1.41. The van der Waals surface area contributed by atoms with Crippen LogP contribution in [0.3, 0.4) is 0 Å². The number of thiophene rings is 1. The van der Waals surface area contributed by atoms with Crippen molar-refractivity contribution in [2.75, 3.05) is 107 Å². The van der Waals surface area contributed by atoms with Gasteiger partial charge in [0.2, 0.25) is 0 Å². The molecule has 0 radical (unpaired) electrons. The maximum absolute atomic E-state index is 16.3. The number of ether oxygens (including phenoxy) is 8. The standard InChI is InChI=1S/C96H108N4O16S/c1-13-21-25-53(17-5)49-97-89(101)59-31-29-57-75-61(43-63-79-67(95(107)99(91(63)103)51-55(19-7)27-23-15-3)47-71(115-41-37-111-11)85(87(75)79)83-69(113-39-35-109-9)45-65(93(97)105)77(59)81(57)83)73-33-34-74(117-73)62-44-64-80-68(96(108)100(92(64)104)52-56(20-8)28-24-16-4)48-72(116-42-38-112-12)86-84-70(114-40-36-110-10)46-66-78-60(32-30-58(82(78)84)76(62)88(80)86)90(102)98(94(66)106)50-54(18-6)26-22-14-2/h29-34,43-48,53-56H,13-28,35-42,49-52H2,1-12H3. The van der Waals surface area contributed by atoms with E-state index in [0.29, 0.717) is 141 Å². The van der Waals surface area contributed by atoms with Crippen molar-refractivity contribution < 1.29 is 76.3 Å². The highest BCUT2D eigenvalue weighted by Crippen LogP contribution is 2.59. The molecule has 0 aliphatic carbocycles. The summed E-state index contributed by atoms with van der Waals surface area (Å²) in [6.45, 7) is 18.6. The highest BCUT2D eigenvalue weighted by Gasteiger charge is 2.45. The van der Waals surface area contributed by atoms with Gasteiger partial charge in [-0.25, -0.2) is 0 Å². The molecule has 15 rings (SSSR count). The van der Waals surface area contributed by atoms with E-state index in [0.717, 1.165) is 103 Å². The lowest BCUT2D eigenvalue weighted by Gasteiger charge is -2.33. The fraction of sp³-hybridized carbons (Fsp3) is 0.458. The summed E-state index contributed by atoms with van der Waals surface area (Å²) in [6.07, 6.45) is 13.8. The van der Waals surface area contributed by atoms with Crippen molar-refractivity contribution >= 4 is 145 Å². The Morgan fingerprint density at radius 2 is 0.513 bits per heavy atom. The van der Waals surface area contributed by atoms with Crippen LogP contribution in [0.25, 0.3) is 107 Å². The predicted octanol–water partition coefficient (Wildman–Crippen LogP) is 20.5. The van der Waals surface area contributed by atoms with Crippen LogP contribution in [0.1, 0.15) is 241 Å². The van der Waals surface area contributed by atoms with Crippen molar-refractivity contribution in [3.05, 3.63) is 117 Å². The lowest BCUT2D eigenvalue weighted by atomic mass is 9.79.